The molecule has 0 saturated carbocycles. The fourth-order valence-corrected chi connectivity index (χ4v) is 2.12. The van der Waals surface area contributed by atoms with E-state index in [0.29, 0.717) is 24.7 Å². The highest BCUT2D eigenvalue weighted by Crippen LogP contribution is 2.28. The summed E-state index contributed by atoms with van der Waals surface area (Å²) >= 11 is 0. The molecular formula is C20H24N2O5. The van der Waals surface area contributed by atoms with Crippen molar-refractivity contribution in [3.63, 3.8) is 0 Å². The lowest BCUT2D eigenvalue weighted by Crippen LogP contribution is -2.17. The molecule has 0 radical (unpaired) electrons. The van der Waals surface area contributed by atoms with Crippen LogP contribution in [0.4, 0.5) is 4.79 Å². The molecule has 0 saturated heterocycles. The number of methoxy groups -OCH3 is 2. The van der Waals surface area contributed by atoms with E-state index in [-0.39, 0.29) is 5.92 Å². The SMILES string of the molecule is COC(=O)N/N=C\c1ccc(OC[C@H](C)COc2ccccc2)c(OC)c1. The van der Waals surface area contributed by atoms with Crippen LogP contribution in [0.5, 0.6) is 17.2 Å². The Morgan fingerprint density at radius 2 is 1.81 bits per heavy atom. The quantitative estimate of drug-likeness (QED) is 0.539. The number of carbonyl (C=O) groups is 1. The number of nitrogens with one attached hydrogen (secondary N) is 1. The zero-order valence-electron chi connectivity index (χ0n) is 15.7. The molecule has 1 atom stereocenters. The molecule has 144 valence electrons. The maximum atomic E-state index is 11.0. The molecular weight excluding hydrogens is 348 g/mol. The van der Waals surface area contributed by atoms with Crippen molar-refractivity contribution >= 4 is 12.3 Å². The van der Waals surface area contributed by atoms with E-state index in [4.69, 9.17) is 14.2 Å². The third-order valence-corrected chi connectivity index (χ3v) is 3.54. The highest BCUT2D eigenvalue weighted by Gasteiger charge is 2.09. The van der Waals surface area contributed by atoms with Gasteiger partial charge in [0.1, 0.15) is 5.75 Å². The largest absolute Gasteiger partial charge is 0.493 e. The zero-order chi connectivity index (χ0) is 19.5. The van der Waals surface area contributed by atoms with E-state index in [2.05, 4.69) is 22.2 Å². The van der Waals surface area contributed by atoms with Gasteiger partial charge in [0.25, 0.3) is 0 Å². The molecule has 0 unspecified atom stereocenters. The molecule has 2 aromatic carbocycles. The Kier molecular flexibility index (Phi) is 7.96. The van der Waals surface area contributed by atoms with E-state index in [9.17, 15) is 4.79 Å². The summed E-state index contributed by atoms with van der Waals surface area (Å²) in [4.78, 5) is 11.0. The molecule has 0 fully saturated rings. The number of hydrogen-bond acceptors (Lipinski definition) is 6. The van der Waals surface area contributed by atoms with E-state index in [1.807, 2.05) is 36.4 Å². The number of nitrogens with zero attached hydrogens (tertiary/aromatic N) is 1. The standard InChI is InChI=1S/C20H24N2O5/c1-15(13-26-17-7-5-4-6-8-17)14-27-18-10-9-16(11-19(18)24-2)12-21-22-20(23)25-3/h4-12,15H,13-14H2,1-3H3,(H,22,23)/b21-12-/t15-/m1/s1. The summed E-state index contributed by atoms with van der Waals surface area (Å²) in [5.41, 5.74) is 2.97. The summed E-state index contributed by atoms with van der Waals surface area (Å²) in [5, 5.41) is 3.78. The van der Waals surface area contributed by atoms with Crippen molar-refractivity contribution in [1.29, 1.82) is 0 Å². The predicted octanol–water partition coefficient (Wildman–Crippen LogP) is 3.48. The highest BCUT2D eigenvalue weighted by molar-refractivity contribution is 5.82. The second-order valence-corrected chi connectivity index (χ2v) is 5.81. The first-order valence-electron chi connectivity index (χ1n) is 8.48. The number of ether oxygens (including phenoxy) is 4. The maximum absolute atomic E-state index is 11.0. The average molecular weight is 372 g/mol. The van der Waals surface area contributed by atoms with E-state index >= 15 is 0 Å². The first-order chi connectivity index (χ1) is 13.1. The van der Waals surface area contributed by atoms with Crippen molar-refractivity contribution in [3.05, 3.63) is 54.1 Å². The van der Waals surface area contributed by atoms with E-state index in [1.165, 1.54) is 13.3 Å². The Morgan fingerprint density at radius 1 is 1.07 bits per heavy atom. The van der Waals surface area contributed by atoms with Crippen LogP contribution in [0.15, 0.2) is 53.6 Å². The number of rotatable bonds is 9. The molecule has 0 bridgehead atoms. The molecule has 1 N–H and O–H groups in total. The Bertz CT molecular complexity index is 749. The smallest absolute Gasteiger partial charge is 0.427 e. The van der Waals surface area contributed by atoms with Crippen molar-refractivity contribution in [3.8, 4) is 17.2 Å². The topological polar surface area (TPSA) is 78.4 Å². The molecule has 0 aliphatic rings. The molecule has 0 aromatic heterocycles. The lowest BCUT2D eigenvalue weighted by Gasteiger charge is -2.16. The Hall–Kier alpha value is -3.22. The second-order valence-electron chi connectivity index (χ2n) is 5.81. The lowest BCUT2D eigenvalue weighted by atomic mass is 10.2. The Labute approximate surface area is 158 Å². The van der Waals surface area contributed by atoms with Gasteiger partial charge in [0, 0.05) is 5.92 Å². The molecule has 0 aliphatic carbocycles. The third-order valence-electron chi connectivity index (χ3n) is 3.54. The van der Waals surface area contributed by atoms with Gasteiger partial charge in [-0.3, -0.25) is 0 Å². The molecule has 0 spiro atoms. The molecule has 2 rings (SSSR count). The minimum absolute atomic E-state index is 0.195. The number of carbonyl (C=O) groups excluding carboxylic acids is 1. The van der Waals surface area contributed by atoms with Gasteiger partial charge in [-0.25, -0.2) is 10.2 Å². The minimum Gasteiger partial charge on any atom is -0.493 e. The van der Waals surface area contributed by atoms with Crippen molar-refractivity contribution in [2.45, 2.75) is 6.92 Å². The van der Waals surface area contributed by atoms with Crippen LogP contribution in [0.1, 0.15) is 12.5 Å². The van der Waals surface area contributed by atoms with Crippen LogP contribution in [0.2, 0.25) is 0 Å². The Morgan fingerprint density at radius 3 is 2.52 bits per heavy atom. The van der Waals surface area contributed by atoms with Crippen molar-refractivity contribution in [2.24, 2.45) is 11.0 Å². The summed E-state index contributed by atoms with van der Waals surface area (Å²) in [6.07, 6.45) is 0.851. The van der Waals surface area contributed by atoms with Gasteiger partial charge in [0.15, 0.2) is 11.5 Å². The van der Waals surface area contributed by atoms with Crippen molar-refractivity contribution in [2.75, 3.05) is 27.4 Å². The second kappa shape index (κ2) is 10.7. The molecule has 7 nitrogen and oxygen atoms in total. The average Bonchev–Trinajstić information content (AvgIpc) is 2.71. The van der Waals surface area contributed by atoms with Crippen LogP contribution in [0, 0.1) is 5.92 Å². The normalized spacial score (nSPS) is 11.7. The summed E-state index contributed by atoms with van der Waals surface area (Å²) < 4.78 is 21.4. The van der Waals surface area contributed by atoms with Gasteiger partial charge < -0.3 is 18.9 Å². The van der Waals surface area contributed by atoms with Gasteiger partial charge in [-0.1, -0.05) is 25.1 Å². The van der Waals surface area contributed by atoms with E-state index in [0.717, 1.165) is 11.3 Å². The molecule has 0 heterocycles. The molecule has 27 heavy (non-hydrogen) atoms. The van der Waals surface area contributed by atoms with Crippen LogP contribution < -0.4 is 19.6 Å². The fourth-order valence-electron chi connectivity index (χ4n) is 2.12. The number of para-hydroxylation sites is 1. The van der Waals surface area contributed by atoms with Gasteiger partial charge in [0.05, 0.1) is 33.6 Å². The number of hydrazone groups is 1. The van der Waals surface area contributed by atoms with Crippen molar-refractivity contribution < 1.29 is 23.7 Å². The highest BCUT2D eigenvalue weighted by atomic mass is 16.5. The van der Waals surface area contributed by atoms with E-state index in [1.54, 1.807) is 19.2 Å². The summed E-state index contributed by atoms with van der Waals surface area (Å²) in [6, 6.07) is 15.0. The van der Waals surface area contributed by atoms with Gasteiger partial charge in [0.2, 0.25) is 0 Å². The first kappa shape index (κ1) is 20.1. The number of hydrogen-bond donors (Lipinski definition) is 1. The van der Waals surface area contributed by atoms with Crippen LogP contribution in [0.25, 0.3) is 0 Å². The summed E-state index contributed by atoms with van der Waals surface area (Å²) in [7, 11) is 2.84. The minimum atomic E-state index is -0.634. The van der Waals surface area contributed by atoms with Gasteiger partial charge in [-0.2, -0.15) is 5.10 Å². The van der Waals surface area contributed by atoms with Crippen LogP contribution in [-0.4, -0.2) is 39.7 Å². The van der Waals surface area contributed by atoms with Crippen molar-refractivity contribution in [1.82, 2.24) is 5.43 Å². The fraction of sp³-hybridized carbons (Fsp3) is 0.300. The van der Waals surface area contributed by atoms with Gasteiger partial charge in [-0.15, -0.1) is 0 Å². The summed E-state index contributed by atoms with van der Waals surface area (Å²) in [5.74, 6) is 2.24. The first-order valence-corrected chi connectivity index (χ1v) is 8.48. The van der Waals surface area contributed by atoms with Gasteiger partial charge >= 0.3 is 6.09 Å². The predicted molar refractivity (Wildman–Crippen MR) is 103 cm³/mol. The third kappa shape index (κ3) is 6.89. The number of amides is 1. The van der Waals surface area contributed by atoms with Crippen LogP contribution in [0.3, 0.4) is 0 Å². The molecule has 1 amide bonds. The molecule has 2 aromatic rings. The Balaban J connectivity index is 1.87. The van der Waals surface area contributed by atoms with E-state index < -0.39 is 6.09 Å². The summed E-state index contributed by atoms with van der Waals surface area (Å²) in [6.45, 7) is 3.09. The molecule has 7 heteroatoms. The van der Waals surface area contributed by atoms with Crippen LogP contribution >= 0.6 is 0 Å². The maximum Gasteiger partial charge on any atom is 0.427 e. The van der Waals surface area contributed by atoms with Gasteiger partial charge in [-0.05, 0) is 35.9 Å². The number of benzene rings is 2. The monoisotopic (exact) mass is 372 g/mol. The van der Waals surface area contributed by atoms with Crippen LogP contribution in [-0.2, 0) is 4.74 Å². The lowest BCUT2D eigenvalue weighted by molar-refractivity contribution is 0.171. The zero-order valence-corrected chi connectivity index (χ0v) is 15.7. The molecule has 0 aliphatic heterocycles.